The van der Waals surface area contributed by atoms with Crippen molar-refractivity contribution < 1.29 is 9.32 Å². The summed E-state index contributed by atoms with van der Waals surface area (Å²) in [5.41, 5.74) is 10.1. The Bertz CT molecular complexity index is 868. The number of nitrogens with zero attached hydrogens (tertiary/aromatic N) is 2. The van der Waals surface area contributed by atoms with Crippen LogP contribution in [0.5, 0.6) is 0 Å². The molecular weight excluding hydrogens is 302 g/mol. The number of benzene rings is 2. The number of amides is 1. The van der Waals surface area contributed by atoms with Crippen molar-refractivity contribution in [2.45, 2.75) is 6.54 Å². The van der Waals surface area contributed by atoms with Crippen LogP contribution in [-0.4, -0.2) is 30.1 Å². The number of nitrogens with two attached hydrogens (primary N) is 1. The average molecular weight is 321 g/mol. The molecule has 0 fully saturated rings. The van der Waals surface area contributed by atoms with Crippen molar-refractivity contribution in [1.82, 2.24) is 10.1 Å². The lowest BCUT2D eigenvalue weighted by atomic mass is 10.00. The first-order valence-corrected chi connectivity index (χ1v) is 7.64. The summed E-state index contributed by atoms with van der Waals surface area (Å²) in [5, 5.41) is 3.92. The smallest absolute Gasteiger partial charge is 0.287 e. The minimum Gasteiger partial charge on any atom is -0.363 e. The molecule has 2 aromatic carbocycles. The SMILES string of the molecule is CN(C)Cc1cccc(-c2cccc(-c3cc(C(N)=O)on3)c2)c1. The number of aromatic nitrogens is 1. The largest absolute Gasteiger partial charge is 0.363 e. The Kier molecular flexibility index (Phi) is 4.44. The van der Waals surface area contributed by atoms with Crippen LogP contribution in [0.4, 0.5) is 0 Å². The van der Waals surface area contributed by atoms with E-state index in [9.17, 15) is 4.79 Å². The molecule has 24 heavy (non-hydrogen) atoms. The van der Waals surface area contributed by atoms with Crippen LogP contribution in [0.15, 0.2) is 59.1 Å². The predicted molar refractivity (Wildman–Crippen MR) is 93.3 cm³/mol. The summed E-state index contributed by atoms with van der Waals surface area (Å²) in [6, 6.07) is 17.9. The average Bonchev–Trinajstić information content (AvgIpc) is 3.05. The van der Waals surface area contributed by atoms with Gasteiger partial charge in [-0.3, -0.25) is 4.79 Å². The molecule has 0 spiro atoms. The molecule has 0 aliphatic rings. The van der Waals surface area contributed by atoms with Crippen molar-refractivity contribution in [3.8, 4) is 22.4 Å². The number of hydrogen-bond donors (Lipinski definition) is 1. The zero-order chi connectivity index (χ0) is 17.1. The topological polar surface area (TPSA) is 72.4 Å². The molecule has 0 unspecified atom stereocenters. The molecule has 1 aromatic heterocycles. The summed E-state index contributed by atoms with van der Waals surface area (Å²) in [4.78, 5) is 13.3. The fourth-order valence-electron chi connectivity index (χ4n) is 2.60. The molecule has 0 radical (unpaired) electrons. The second-order valence-corrected chi connectivity index (χ2v) is 5.96. The van der Waals surface area contributed by atoms with Gasteiger partial charge in [-0.2, -0.15) is 0 Å². The van der Waals surface area contributed by atoms with Crippen LogP contribution in [0.1, 0.15) is 16.1 Å². The van der Waals surface area contributed by atoms with E-state index < -0.39 is 5.91 Å². The number of rotatable bonds is 5. The molecule has 0 atom stereocenters. The molecule has 0 saturated carbocycles. The molecule has 1 amide bonds. The van der Waals surface area contributed by atoms with E-state index in [-0.39, 0.29) is 5.76 Å². The van der Waals surface area contributed by atoms with Crippen LogP contribution in [0, 0.1) is 0 Å². The Morgan fingerprint density at radius 1 is 1.04 bits per heavy atom. The van der Waals surface area contributed by atoms with Crippen LogP contribution >= 0.6 is 0 Å². The zero-order valence-corrected chi connectivity index (χ0v) is 13.7. The second kappa shape index (κ2) is 6.68. The van der Waals surface area contributed by atoms with Gasteiger partial charge in [0.05, 0.1) is 0 Å². The molecule has 0 saturated heterocycles. The minimum absolute atomic E-state index is 0.0587. The van der Waals surface area contributed by atoms with Gasteiger partial charge in [-0.1, -0.05) is 41.6 Å². The van der Waals surface area contributed by atoms with Crippen molar-refractivity contribution in [3.05, 3.63) is 65.9 Å². The first kappa shape index (κ1) is 16.0. The van der Waals surface area contributed by atoms with Crippen molar-refractivity contribution in [2.75, 3.05) is 14.1 Å². The van der Waals surface area contributed by atoms with E-state index >= 15 is 0 Å². The normalized spacial score (nSPS) is 11.0. The summed E-state index contributed by atoms with van der Waals surface area (Å²) in [6.07, 6.45) is 0. The lowest BCUT2D eigenvalue weighted by molar-refractivity contribution is 0.0965. The maximum absolute atomic E-state index is 11.1. The van der Waals surface area contributed by atoms with Gasteiger partial charge in [0.25, 0.3) is 5.91 Å². The Labute approximate surface area is 140 Å². The lowest BCUT2D eigenvalue weighted by Crippen LogP contribution is -2.10. The van der Waals surface area contributed by atoms with Crippen LogP contribution in [0.3, 0.4) is 0 Å². The Hall–Kier alpha value is -2.92. The second-order valence-electron chi connectivity index (χ2n) is 5.96. The minimum atomic E-state index is -0.624. The number of carbonyl (C=O) groups is 1. The van der Waals surface area contributed by atoms with E-state index in [4.69, 9.17) is 10.3 Å². The summed E-state index contributed by atoms with van der Waals surface area (Å²) in [6.45, 7) is 0.888. The third-order valence-corrected chi connectivity index (χ3v) is 3.67. The highest BCUT2D eigenvalue weighted by Gasteiger charge is 2.11. The molecular formula is C19H19N3O2. The van der Waals surface area contributed by atoms with Gasteiger partial charge < -0.3 is 15.2 Å². The van der Waals surface area contributed by atoms with Gasteiger partial charge >= 0.3 is 0 Å². The molecule has 122 valence electrons. The maximum atomic E-state index is 11.1. The highest BCUT2D eigenvalue weighted by atomic mass is 16.5. The quantitative estimate of drug-likeness (QED) is 0.783. The fraction of sp³-hybridized carbons (Fsp3) is 0.158. The van der Waals surface area contributed by atoms with E-state index in [1.54, 1.807) is 6.07 Å². The van der Waals surface area contributed by atoms with E-state index in [2.05, 4.69) is 34.3 Å². The van der Waals surface area contributed by atoms with E-state index in [0.717, 1.165) is 23.2 Å². The molecule has 5 nitrogen and oxygen atoms in total. The summed E-state index contributed by atoms with van der Waals surface area (Å²) in [7, 11) is 4.10. The Balaban J connectivity index is 1.94. The lowest BCUT2D eigenvalue weighted by Gasteiger charge is -2.11. The third kappa shape index (κ3) is 3.52. The number of primary amides is 1. The highest BCUT2D eigenvalue weighted by molar-refractivity contribution is 5.91. The summed E-state index contributed by atoms with van der Waals surface area (Å²) < 4.78 is 4.96. The molecule has 5 heteroatoms. The van der Waals surface area contributed by atoms with E-state index in [0.29, 0.717) is 5.69 Å². The van der Waals surface area contributed by atoms with Crippen LogP contribution < -0.4 is 5.73 Å². The van der Waals surface area contributed by atoms with Crippen LogP contribution in [0.25, 0.3) is 22.4 Å². The first-order valence-electron chi connectivity index (χ1n) is 7.64. The van der Waals surface area contributed by atoms with Gasteiger partial charge in [-0.05, 0) is 42.9 Å². The van der Waals surface area contributed by atoms with Crippen molar-refractivity contribution in [1.29, 1.82) is 0 Å². The monoisotopic (exact) mass is 321 g/mol. The van der Waals surface area contributed by atoms with Crippen molar-refractivity contribution in [2.24, 2.45) is 5.73 Å². The van der Waals surface area contributed by atoms with E-state index in [1.165, 1.54) is 5.56 Å². The van der Waals surface area contributed by atoms with Gasteiger partial charge in [-0.15, -0.1) is 0 Å². The Morgan fingerprint density at radius 3 is 2.38 bits per heavy atom. The Morgan fingerprint density at radius 2 is 1.71 bits per heavy atom. The van der Waals surface area contributed by atoms with E-state index in [1.807, 2.05) is 38.4 Å². The third-order valence-electron chi connectivity index (χ3n) is 3.67. The first-order chi connectivity index (χ1) is 11.5. The van der Waals surface area contributed by atoms with Gasteiger partial charge in [0.2, 0.25) is 5.76 Å². The van der Waals surface area contributed by atoms with Crippen LogP contribution in [0.2, 0.25) is 0 Å². The van der Waals surface area contributed by atoms with Gasteiger partial charge in [0.15, 0.2) is 0 Å². The molecule has 3 aromatic rings. The zero-order valence-electron chi connectivity index (χ0n) is 13.7. The predicted octanol–water partition coefficient (Wildman–Crippen LogP) is 3.17. The molecule has 2 N–H and O–H groups in total. The number of carbonyl (C=O) groups excluding carboxylic acids is 1. The van der Waals surface area contributed by atoms with Crippen molar-refractivity contribution in [3.63, 3.8) is 0 Å². The van der Waals surface area contributed by atoms with Gasteiger partial charge in [0.1, 0.15) is 5.69 Å². The van der Waals surface area contributed by atoms with Gasteiger partial charge in [0, 0.05) is 18.2 Å². The number of hydrogen-bond acceptors (Lipinski definition) is 4. The molecule has 0 aliphatic carbocycles. The molecule has 1 heterocycles. The summed E-state index contributed by atoms with van der Waals surface area (Å²) >= 11 is 0. The summed E-state index contributed by atoms with van der Waals surface area (Å²) in [5.74, 6) is -0.565. The fourth-order valence-corrected chi connectivity index (χ4v) is 2.60. The molecule has 0 bridgehead atoms. The molecule has 3 rings (SSSR count). The van der Waals surface area contributed by atoms with Crippen LogP contribution in [-0.2, 0) is 6.54 Å². The highest BCUT2D eigenvalue weighted by Crippen LogP contribution is 2.27. The maximum Gasteiger partial charge on any atom is 0.287 e. The molecule has 0 aliphatic heterocycles. The van der Waals surface area contributed by atoms with Gasteiger partial charge in [-0.25, -0.2) is 0 Å². The van der Waals surface area contributed by atoms with Crippen molar-refractivity contribution >= 4 is 5.91 Å². The standard InChI is InChI=1S/C19H19N3O2/c1-22(2)12-13-5-3-6-14(9-13)15-7-4-8-16(10-15)17-11-18(19(20)23)24-21-17/h3-11H,12H2,1-2H3,(H2,20,23).